The minimum atomic E-state index is -0.700. The second kappa shape index (κ2) is 6.48. The standard InChI is InChI=1S/C18H19FN2O/c1-11(2)10-21-17-14(9-20)12(3)15(16(19)18(17)22)13-7-5-4-6-8-13/h4-8,11,21-22H,10H2,1-3H3. The summed E-state index contributed by atoms with van der Waals surface area (Å²) < 4.78 is 14.7. The van der Waals surface area contributed by atoms with Gasteiger partial charge in [0.2, 0.25) is 0 Å². The fourth-order valence-electron chi connectivity index (χ4n) is 2.39. The number of benzene rings is 2. The number of aromatic hydroxyl groups is 1. The van der Waals surface area contributed by atoms with Crippen LogP contribution in [-0.4, -0.2) is 11.7 Å². The first-order chi connectivity index (χ1) is 10.5. The first kappa shape index (κ1) is 15.8. The molecular weight excluding hydrogens is 279 g/mol. The van der Waals surface area contributed by atoms with Crippen molar-refractivity contribution >= 4 is 5.69 Å². The maximum Gasteiger partial charge on any atom is 0.177 e. The molecule has 0 atom stereocenters. The Hall–Kier alpha value is -2.54. The van der Waals surface area contributed by atoms with E-state index in [4.69, 9.17) is 0 Å². The Morgan fingerprint density at radius 3 is 2.45 bits per heavy atom. The van der Waals surface area contributed by atoms with Crippen LogP contribution in [0.1, 0.15) is 25.0 Å². The number of hydrogen-bond acceptors (Lipinski definition) is 3. The summed E-state index contributed by atoms with van der Waals surface area (Å²) in [6.07, 6.45) is 0. The molecule has 0 heterocycles. The van der Waals surface area contributed by atoms with Crippen LogP contribution < -0.4 is 5.32 Å². The Balaban J connectivity index is 2.65. The van der Waals surface area contributed by atoms with Gasteiger partial charge in [-0.25, -0.2) is 4.39 Å². The summed E-state index contributed by atoms with van der Waals surface area (Å²) in [4.78, 5) is 0. The predicted molar refractivity (Wildman–Crippen MR) is 86.3 cm³/mol. The number of phenolic OH excluding ortho intramolecular Hbond substituents is 1. The second-order valence-electron chi connectivity index (χ2n) is 5.67. The van der Waals surface area contributed by atoms with E-state index in [1.165, 1.54) is 0 Å². The van der Waals surface area contributed by atoms with Gasteiger partial charge < -0.3 is 10.4 Å². The molecule has 0 aliphatic carbocycles. The summed E-state index contributed by atoms with van der Waals surface area (Å²) in [5.41, 5.74) is 1.88. The van der Waals surface area contributed by atoms with E-state index in [1.54, 1.807) is 31.2 Å². The van der Waals surface area contributed by atoms with Crippen LogP contribution in [0.15, 0.2) is 30.3 Å². The van der Waals surface area contributed by atoms with Gasteiger partial charge in [-0.15, -0.1) is 0 Å². The molecule has 0 spiro atoms. The van der Waals surface area contributed by atoms with E-state index < -0.39 is 11.6 Å². The van der Waals surface area contributed by atoms with Gasteiger partial charge in [-0.2, -0.15) is 5.26 Å². The molecule has 0 amide bonds. The third kappa shape index (κ3) is 2.89. The van der Waals surface area contributed by atoms with Crippen LogP contribution in [0.3, 0.4) is 0 Å². The normalized spacial score (nSPS) is 10.5. The quantitative estimate of drug-likeness (QED) is 0.820. The highest BCUT2D eigenvalue weighted by atomic mass is 19.1. The van der Waals surface area contributed by atoms with Crippen molar-refractivity contribution in [3.8, 4) is 22.9 Å². The molecule has 2 aromatic carbocycles. The van der Waals surface area contributed by atoms with Gasteiger partial charge in [-0.3, -0.25) is 0 Å². The fraction of sp³-hybridized carbons (Fsp3) is 0.278. The Morgan fingerprint density at radius 1 is 1.27 bits per heavy atom. The zero-order valence-corrected chi connectivity index (χ0v) is 12.9. The zero-order valence-electron chi connectivity index (χ0n) is 12.9. The number of nitrogens with one attached hydrogen (secondary N) is 1. The molecule has 4 heteroatoms. The molecule has 0 radical (unpaired) electrons. The summed E-state index contributed by atoms with van der Waals surface area (Å²) in [5, 5.41) is 22.6. The van der Waals surface area contributed by atoms with E-state index in [9.17, 15) is 14.8 Å². The summed E-state index contributed by atoms with van der Waals surface area (Å²) in [5.74, 6) is -0.890. The zero-order chi connectivity index (χ0) is 16.3. The molecule has 0 aromatic heterocycles. The Bertz CT molecular complexity index is 718. The van der Waals surface area contributed by atoms with Crippen LogP contribution in [0.2, 0.25) is 0 Å². The summed E-state index contributed by atoms with van der Waals surface area (Å²) in [6.45, 7) is 6.24. The summed E-state index contributed by atoms with van der Waals surface area (Å²) >= 11 is 0. The number of nitriles is 1. The summed E-state index contributed by atoms with van der Waals surface area (Å²) in [7, 11) is 0. The van der Waals surface area contributed by atoms with Crippen LogP contribution >= 0.6 is 0 Å². The fourth-order valence-corrected chi connectivity index (χ4v) is 2.39. The molecule has 0 unspecified atom stereocenters. The monoisotopic (exact) mass is 298 g/mol. The van der Waals surface area contributed by atoms with Gasteiger partial charge in [-0.1, -0.05) is 44.2 Å². The number of phenols is 1. The molecule has 2 N–H and O–H groups in total. The van der Waals surface area contributed by atoms with E-state index >= 15 is 0 Å². The molecule has 22 heavy (non-hydrogen) atoms. The largest absolute Gasteiger partial charge is 0.503 e. The number of hydrogen-bond donors (Lipinski definition) is 2. The molecule has 114 valence electrons. The van der Waals surface area contributed by atoms with Gasteiger partial charge in [-0.05, 0) is 24.0 Å². The smallest absolute Gasteiger partial charge is 0.177 e. The number of anilines is 1. The van der Waals surface area contributed by atoms with Crippen LogP contribution in [0.4, 0.5) is 10.1 Å². The van der Waals surface area contributed by atoms with E-state index in [1.807, 2.05) is 19.9 Å². The lowest BCUT2D eigenvalue weighted by molar-refractivity contribution is 0.434. The van der Waals surface area contributed by atoms with Crippen LogP contribution in [0, 0.1) is 30.0 Å². The van der Waals surface area contributed by atoms with Crippen molar-refractivity contribution in [2.75, 3.05) is 11.9 Å². The highest BCUT2D eigenvalue weighted by Gasteiger charge is 2.22. The van der Waals surface area contributed by atoms with Gasteiger partial charge in [0.15, 0.2) is 11.6 Å². The Kier molecular flexibility index (Phi) is 4.67. The van der Waals surface area contributed by atoms with Crippen LogP contribution in [-0.2, 0) is 0 Å². The molecule has 2 rings (SSSR count). The Labute approximate surface area is 130 Å². The molecule has 0 saturated carbocycles. The summed E-state index contributed by atoms with van der Waals surface area (Å²) in [6, 6.07) is 11.0. The maximum absolute atomic E-state index is 14.7. The first-order valence-electron chi connectivity index (χ1n) is 7.21. The molecule has 0 bridgehead atoms. The molecule has 2 aromatic rings. The van der Waals surface area contributed by atoms with Crippen molar-refractivity contribution in [1.29, 1.82) is 5.26 Å². The molecule has 0 fully saturated rings. The maximum atomic E-state index is 14.7. The van der Waals surface area contributed by atoms with Crippen molar-refractivity contribution in [2.24, 2.45) is 5.92 Å². The predicted octanol–water partition coefficient (Wildman–Crippen LogP) is 4.45. The first-order valence-corrected chi connectivity index (χ1v) is 7.21. The van der Waals surface area contributed by atoms with Gasteiger partial charge in [0.25, 0.3) is 0 Å². The highest BCUT2D eigenvalue weighted by molar-refractivity contribution is 5.80. The number of nitrogens with zero attached hydrogens (tertiary/aromatic N) is 1. The van der Waals surface area contributed by atoms with E-state index in [0.717, 1.165) is 0 Å². The lowest BCUT2D eigenvalue weighted by Gasteiger charge is -2.18. The van der Waals surface area contributed by atoms with Gasteiger partial charge in [0.05, 0.1) is 11.3 Å². The van der Waals surface area contributed by atoms with E-state index in [2.05, 4.69) is 11.4 Å². The van der Waals surface area contributed by atoms with Crippen molar-refractivity contribution in [3.63, 3.8) is 0 Å². The van der Waals surface area contributed by atoms with Crippen molar-refractivity contribution in [2.45, 2.75) is 20.8 Å². The van der Waals surface area contributed by atoms with Crippen molar-refractivity contribution in [1.82, 2.24) is 0 Å². The van der Waals surface area contributed by atoms with Gasteiger partial charge in [0, 0.05) is 12.1 Å². The minimum absolute atomic E-state index is 0.172. The molecule has 0 aliphatic heterocycles. The average Bonchev–Trinajstić information content (AvgIpc) is 2.50. The third-order valence-corrected chi connectivity index (χ3v) is 3.53. The lowest BCUT2D eigenvalue weighted by Crippen LogP contribution is -2.11. The molecule has 0 aliphatic rings. The van der Waals surface area contributed by atoms with E-state index in [0.29, 0.717) is 23.6 Å². The second-order valence-corrected chi connectivity index (χ2v) is 5.67. The van der Waals surface area contributed by atoms with Crippen LogP contribution in [0.5, 0.6) is 5.75 Å². The van der Waals surface area contributed by atoms with E-state index in [-0.39, 0.29) is 16.8 Å². The molecule has 0 saturated heterocycles. The number of rotatable bonds is 4. The molecular formula is C18H19FN2O. The number of halogens is 1. The molecule has 3 nitrogen and oxygen atoms in total. The van der Waals surface area contributed by atoms with Gasteiger partial charge in [0.1, 0.15) is 6.07 Å². The lowest BCUT2D eigenvalue weighted by atomic mass is 9.94. The SMILES string of the molecule is Cc1c(C#N)c(NCC(C)C)c(O)c(F)c1-c1ccccc1. The topological polar surface area (TPSA) is 56.0 Å². The van der Waals surface area contributed by atoms with Crippen molar-refractivity contribution in [3.05, 3.63) is 47.3 Å². The van der Waals surface area contributed by atoms with Gasteiger partial charge >= 0.3 is 0 Å². The van der Waals surface area contributed by atoms with Crippen LogP contribution in [0.25, 0.3) is 11.1 Å². The minimum Gasteiger partial charge on any atom is -0.503 e. The highest BCUT2D eigenvalue weighted by Crippen LogP contribution is 2.40. The third-order valence-electron chi connectivity index (χ3n) is 3.53. The van der Waals surface area contributed by atoms with Crippen molar-refractivity contribution < 1.29 is 9.50 Å². The average molecular weight is 298 g/mol. The Morgan fingerprint density at radius 2 is 1.91 bits per heavy atom.